The molecule has 0 saturated carbocycles. The van der Waals surface area contributed by atoms with Gasteiger partial charge in [0.15, 0.2) is 0 Å². The molecule has 0 N–H and O–H groups in total. The monoisotopic (exact) mass is 177 g/mol. The molecule has 1 aromatic rings. The maximum absolute atomic E-state index is 5.83. The molecule has 0 amide bonds. The van der Waals surface area contributed by atoms with Gasteiger partial charge in [0.25, 0.3) is 0 Å². The van der Waals surface area contributed by atoms with Crippen LogP contribution in [0.2, 0.25) is 10.6 Å². The summed E-state index contributed by atoms with van der Waals surface area (Å²) in [4.78, 5) is 0. The number of hydrogen-bond acceptors (Lipinski definition) is 1. The second-order valence-electron chi connectivity index (χ2n) is 2.79. The Kier molecular flexibility index (Phi) is 4.21. The van der Waals surface area contributed by atoms with Gasteiger partial charge in [-0.2, -0.15) is 0 Å². The summed E-state index contributed by atoms with van der Waals surface area (Å²) in [6.45, 7) is 4.41. The summed E-state index contributed by atoms with van der Waals surface area (Å²) in [5.41, 5.74) is 0. The molecule has 0 atom stereocenters. The van der Waals surface area contributed by atoms with E-state index in [2.05, 4.69) is 19.9 Å². The first-order valence-corrected chi connectivity index (χ1v) is 6.60. The smallest absolute Gasteiger partial charge is 0.546 e. The van der Waals surface area contributed by atoms with E-state index in [9.17, 15) is 0 Å². The summed E-state index contributed by atoms with van der Waals surface area (Å²) >= 11 is -0.933. The zero-order valence-corrected chi connectivity index (χ0v) is 8.86. The molecule has 0 saturated heterocycles. The SMILES string of the molecule is C[CH2][Al]([CH2]C)[O]c1cc[c]cc1. The molecule has 0 bridgehead atoms. The molecule has 0 aliphatic heterocycles. The van der Waals surface area contributed by atoms with E-state index in [1.807, 2.05) is 24.3 Å². The summed E-state index contributed by atoms with van der Waals surface area (Å²) in [6.07, 6.45) is 0. The van der Waals surface area contributed by atoms with Gasteiger partial charge in [0.2, 0.25) is 0 Å². The van der Waals surface area contributed by atoms with Gasteiger partial charge in [-0.05, 0) is 18.2 Å². The van der Waals surface area contributed by atoms with E-state index in [-0.39, 0.29) is 0 Å². The summed E-state index contributed by atoms with van der Waals surface area (Å²) in [6, 6.07) is 10.7. The van der Waals surface area contributed by atoms with E-state index in [0.717, 1.165) is 5.75 Å². The van der Waals surface area contributed by atoms with E-state index in [4.69, 9.17) is 3.79 Å². The van der Waals surface area contributed by atoms with Gasteiger partial charge in [-0.25, -0.2) is 0 Å². The summed E-state index contributed by atoms with van der Waals surface area (Å²) < 4.78 is 5.83. The number of hydrogen-bond donors (Lipinski definition) is 0. The second-order valence-corrected chi connectivity index (χ2v) is 5.90. The highest BCUT2D eigenvalue weighted by atomic mass is 27.2. The highest BCUT2D eigenvalue weighted by Crippen LogP contribution is 2.12. The Hall–Kier alpha value is -0.448. The molecule has 0 fully saturated rings. The van der Waals surface area contributed by atoms with Gasteiger partial charge in [-0.3, -0.25) is 0 Å². The normalized spacial score (nSPS) is 9.50. The maximum atomic E-state index is 5.83. The van der Waals surface area contributed by atoms with Gasteiger partial charge in [-0.15, -0.1) is 0 Å². The third kappa shape index (κ3) is 2.89. The van der Waals surface area contributed by atoms with Crippen molar-refractivity contribution < 1.29 is 3.79 Å². The van der Waals surface area contributed by atoms with Crippen LogP contribution in [-0.2, 0) is 0 Å². The van der Waals surface area contributed by atoms with Crippen LogP contribution < -0.4 is 3.79 Å². The molecule has 12 heavy (non-hydrogen) atoms. The van der Waals surface area contributed by atoms with Crippen molar-refractivity contribution in [3.05, 3.63) is 30.3 Å². The van der Waals surface area contributed by atoms with Crippen molar-refractivity contribution >= 4 is 14.5 Å². The zero-order valence-electron chi connectivity index (χ0n) is 7.71. The Bertz CT molecular complexity index is 206. The lowest BCUT2D eigenvalue weighted by Crippen LogP contribution is -2.18. The molecule has 0 spiro atoms. The minimum Gasteiger partial charge on any atom is -0.643 e. The molecule has 0 unspecified atom stereocenters. The quantitative estimate of drug-likeness (QED) is 0.642. The van der Waals surface area contributed by atoms with Crippen LogP contribution in [-0.4, -0.2) is 14.5 Å². The fourth-order valence-electron chi connectivity index (χ4n) is 1.10. The molecule has 63 valence electrons. The van der Waals surface area contributed by atoms with Gasteiger partial charge in [-0.1, -0.05) is 36.5 Å². The third-order valence-corrected chi connectivity index (χ3v) is 4.33. The first kappa shape index (κ1) is 9.64. The largest absolute Gasteiger partial charge is 0.643 e. The molecule has 0 aliphatic rings. The van der Waals surface area contributed by atoms with Crippen LogP contribution >= 0.6 is 0 Å². The van der Waals surface area contributed by atoms with Gasteiger partial charge >= 0.3 is 14.5 Å². The fraction of sp³-hybridized carbons (Fsp3) is 0.400. The van der Waals surface area contributed by atoms with E-state index in [0.29, 0.717) is 0 Å². The van der Waals surface area contributed by atoms with Crippen molar-refractivity contribution in [2.75, 3.05) is 0 Å². The Morgan fingerprint density at radius 1 is 1.25 bits per heavy atom. The summed E-state index contributed by atoms with van der Waals surface area (Å²) in [7, 11) is 0. The first-order valence-electron chi connectivity index (χ1n) is 4.49. The molecule has 1 rings (SSSR count). The molecule has 1 aromatic carbocycles. The van der Waals surface area contributed by atoms with E-state index in [1.165, 1.54) is 10.6 Å². The Labute approximate surface area is 79.1 Å². The van der Waals surface area contributed by atoms with Gasteiger partial charge in [0.05, 0.1) is 5.75 Å². The van der Waals surface area contributed by atoms with Crippen LogP contribution in [0.4, 0.5) is 0 Å². The van der Waals surface area contributed by atoms with Crippen molar-refractivity contribution in [3.8, 4) is 5.75 Å². The predicted molar refractivity (Wildman–Crippen MR) is 52.6 cm³/mol. The van der Waals surface area contributed by atoms with Gasteiger partial charge < -0.3 is 3.79 Å². The summed E-state index contributed by atoms with van der Waals surface area (Å²) in [5, 5.41) is 2.41. The minimum absolute atomic E-state index is 0.933. The van der Waals surface area contributed by atoms with E-state index < -0.39 is 14.5 Å². The van der Waals surface area contributed by atoms with Crippen LogP contribution in [0.15, 0.2) is 24.3 Å². The fourth-order valence-corrected chi connectivity index (χ4v) is 2.55. The minimum atomic E-state index is -0.933. The molecule has 0 heterocycles. The van der Waals surface area contributed by atoms with Crippen LogP contribution in [0, 0.1) is 6.07 Å². The topological polar surface area (TPSA) is 9.23 Å². The zero-order chi connectivity index (χ0) is 8.81. The van der Waals surface area contributed by atoms with Crippen molar-refractivity contribution in [2.45, 2.75) is 24.4 Å². The number of benzene rings is 1. The lowest BCUT2D eigenvalue weighted by Gasteiger charge is -2.11. The van der Waals surface area contributed by atoms with Crippen molar-refractivity contribution in [2.24, 2.45) is 0 Å². The van der Waals surface area contributed by atoms with Crippen LogP contribution in [0.1, 0.15) is 13.8 Å². The van der Waals surface area contributed by atoms with Crippen molar-refractivity contribution in [1.82, 2.24) is 0 Å². The van der Waals surface area contributed by atoms with Gasteiger partial charge in [0.1, 0.15) is 0 Å². The van der Waals surface area contributed by atoms with Crippen LogP contribution in [0.25, 0.3) is 0 Å². The third-order valence-electron chi connectivity index (χ3n) is 1.90. The van der Waals surface area contributed by atoms with E-state index >= 15 is 0 Å². The van der Waals surface area contributed by atoms with Crippen LogP contribution in [0.5, 0.6) is 5.75 Å². The molecule has 1 nitrogen and oxygen atoms in total. The molecule has 1 radical (unpaired) electrons. The lowest BCUT2D eigenvalue weighted by molar-refractivity contribution is 0.566. The standard InChI is InChI=1S/C6H5O.2C2H5.Al/c7-6-4-2-1-3-5-6;2*1-2;/h2-5,7H;2*1H2,2H3;/q;;;+1/p-1. The molecule has 0 aromatic heterocycles. The summed E-state index contributed by atoms with van der Waals surface area (Å²) in [5.74, 6) is 1.01. The molecular weight excluding hydrogens is 163 g/mol. The highest BCUT2D eigenvalue weighted by molar-refractivity contribution is 6.52. The molecule has 0 aliphatic carbocycles. The predicted octanol–water partition coefficient (Wildman–Crippen LogP) is 2.90. The first-order chi connectivity index (χ1) is 5.86. The Balaban J connectivity index is 2.51. The van der Waals surface area contributed by atoms with E-state index in [1.54, 1.807) is 0 Å². The Morgan fingerprint density at radius 3 is 2.33 bits per heavy atom. The second kappa shape index (κ2) is 5.24. The number of rotatable bonds is 4. The average Bonchev–Trinajstić information content (AvgIpc) is 2.16. The lowest BCUT2D eigenvalue weighted by atomic mass is 10.3. The molecular formula is C10H14AlO. The van der Waals surface area contributed by atoms with Gasteiger partial charge in [0, 0.05) is 0 Å². The maximum Gasteiger partial charge on any atom is 0.546 e. The highest BCUT2D eigenvalue weighted by Gasteiger charge is 2.17. The average molecular weight is 177 g/mol. The Morgan fingerprint density at radius 2 is 1.83 bits per heavy atom. The van der Waals surface area contributed by atoms with Crippen molar-refractivity contribution in [1.29, 1.82) is 0 Å². The van der Waals surface area contributed by atoms with Crippen molar-refractivity contribution in [3.63, 3.8) is 0 Å². The van der Waals surface area contributed by atoms with Crippen LogP contribution in [0.3, 0.4) is 0 Å². The molecule has 2 heteroatoms.